The number of ether oxygens (including phenoxy) is 2. The maximum Gasteiger partial charge on any atom is 0.350 e. The summed E-state index contributed by atoms with van der Waals surface area (Å²) in [6, 6.07) is 57.5. The van der Waals surface area contributed by atoms with Crippen LogP contribution in [0.2, 0.25) is 0 Å². The standard InChI is InChI=1S/C32H38N2O3S.C31H36N2O3S.C26H33NO3S.ClH/c1-23-13-15-26(16-14-23)31(35)34(27-17-19-33(20-18-27)22-24-9-5-3-6-10-24)28-21-29(25-11-7-4-8-12-25)38-30(28)32(36)37-2;1-22-12-14-25(15-13-22)30(34)33(26-16-18-32(19-17-26)21-23-8-4-2-5-9-23)27-20-28(37-29(27)31(35)36)24-10-6-3-7-11-24;1-18-13-15-20(16-14-18)25(28)27(21-11-7-4-8-12-21)22-17-23(19-9-5-3-6-10-19)31-24(22)26(29)30-2;/h3-12,21,23,26-27H,13-20,22H2,1-2H3;2-11,20,22,25-26H,12-19,21H2,1H3,(H,35,36);3,5-6,9-10,17-18,20-21H,4,7-8,11-16H2,1-2H3;1H/p+1. The molecular weight excluding hydrogens is 1410 g/mol. The van der Waals surface area contributed by atoms with Crippen LogP contribution < -0.4 is 19.6 Å². The van der Waals surface area contributed by atoms with Gasteiger partial charge in [-0.15, -0.1) is 46.4 Å². The molecule has 14 rings (SSSR count). The van der Waals surface area contributed by atoms with Crippen molar-refractivity contribution in [3.63, 3.8) is 0 Å². The Morgan fingerprint density at radius 1 is 0.411 bits per heavy atom. The van der Waals surface area contributed by atoms with Crippen molar-refractivity contribution >= 4 is 99.1 Å². The average molecular weight is 1520 g/mol. The Bertz CT molecular complexity index is 4150. The zero-order chi connectivity index (χ0) is 74.1. The van der Waals surface area contributed by atoms with Gasteiger partial charge in [-0.3, -0.25) is 19.3 Å². The van der Waals surface area contributed by atoms with E-state index in [1.807, 2.05) is 130 Å². The van der Waals surface area contributed by atoms with Crippen molar-refractivity contribution in [2.45, 2.75) is 187 Å². The van der Waals surface area contributed by atoms with Gasteiger partial charge in [-0.05, 0) is 161 Å². The van der Waals surface area contributed by atoms with Crippen molar-refractivity contribution in [2.75, 3.05) is 55.1 Å². The number of thiophene rings is 3. The normalized spacial score (nSPS) is 22.0. The van der Waals surface area contributed by atoms with Crippen molar-refractivity contribution < 1.29 is 48.2 Å². The molecule has 5 heterocycles. The number of esters is 2. The summed E-state index contributed by atoms with van der Waals surface area (Å²) in [6.07, 6.45) is 21.1. The average Bonchev–Trinajstić information content (AvgIpc) is 1.65. The molecule has 18 heteroatoms. The van der Waals surface area contributed by atoms with Crippen LogP contribution in [-0.2, 0) is 36.9 Å². The Kier molecular flexibility index (Phi) is 29.3. The molecule has 6 fully saturated rings. The number of carbonyl (C=O) groups is 6. The molecule has 6 aliphatic rings. The number of hydrogen-bond acceptors (Lipinski definition) is 12. The van der Waals surface area contributed by atoms with E-state index in [4.69, 9.17) is 9.47 Å². The predicted octanol–water partition coefficient (Wildman–Crippen LogP) is 19.7. The third-order valence-corrected chi connectivity index (χ3v) is 26.7. The van der Waals surface area contributed by atoms with Gasteiger partial charge in [0, 0.05) is 88.6 Å². The molecule has 2 N–H and O–H groups in total. The highest BCUT2D eigenvalue weighted by Gasteiger charge is 2.42. The monoisotopic (exact) mass is 1520 g/mol. The first-order valence-corrected chi connectivity index (χ1v) is 41.7. The van der Waals surface area contributed by atoms with E-state index < -0.39 is 5.97 Å². The Labute approximate surface area is 652 Å². The van der Waals surface area contributed by atoms with Crippen LogP contribution in [0, 0.1) is 35.5 Å². The number of halogens is 1. The van der Waals surface area contributed by atoms with Crippen molar-refractivity contribution in [1.29, 1.82) is 0 Å². The molecule has 14 nitrogen and oxygen atoms in total. The molecule has 4 saturated carbocycles. The number of methoxy groups -OCH3 is 2. The summed E-state index contributed by atoms with van der Waals surface area (Å²) in [5.41, 5.74) is 7.82. The van der Waals surface area contributed by atoms with E-state index in [1.165, 1.54) is 70.7 Å². The molecule has 2 aliphatic heterocycles. The van der Waals surface area contributed by atoms with Crippen molar-refractivity contribution in [1.82, 2.24) is 4.90 Å². The zero-order valence-corrected chi connectivity index (χ0v) is 66.4. The number of carboxylic acid groups (broad SMARTS) is 1. The summed E-state index contributed by atoms with van der Waals surface area (Å²) in [5.74, 6) is 0.916. The molecule has 568 valence electrons. The summed E-state index contributed by atoms with van der Waals surface area (Å²) < 4.78 is 10.3. The number of nitrogens with zero attached hydrogens (tertiary/aromatic N) is 4. The maximum atomic E-state index is 14.3. The molecule has 107 heavy (non-hydrogen) atoms. The Morgan fingerprint density at radius 2 is 0.729 bits per heavy atom. The van der Waals surface area contributed by atoms with Crippen LogP contribution in [0.5, 0.6) is 0 Å². The summed E-state index contributed by atoms with van der Waals surface area (Å²) in [7, 11) is 2.84. The highest BCUT2D eigenvalue weighted by atomic mass is 35.5. The number of carbonyl (C=O) groups excluding carboxylic acids is 5. The van der Waals surface area contributed by atoms with E-state index in [0.29, 0.717) is 33.2 Å². The first kappa shape index (κ1) is 80.3. The number of likely N-dealkylation sites (tertiary alicyclic amines) is 2. The number of hydrogen-bond donors (Lipinski definition) is 2. The number of aromatic carboxylic acids is 1. The van der Waals surface area contributed by atoms with Gasteiger partial charge in [0.1, 0.15) is 21.2 Å². The first-order chi connectivity index (χ1) is 51.6. The lowest BCUT2D eigenvalue weighted by Crippen LogP contribution is -3.12. The number of benzene rings is 5. The van der Waals surface area contributed by atoms with Gasteiger partial charge < -0.3 is 34.2 Å². The van der Waals surface area contributed by atoms with Gasteiger partial charge in [0.25, 0.3) is 0 Å². The fourth-order valence-electron chi connectivity index (χ4n) is 17.0. The Balaban J connectivity index is 0.000000160. The zero-order valence-electron chi connectivity index (χ0n) is 63.1. The maximum absolute atomic E-state index is 14.3. The van der Waals surface area contributed by atoms with Crippen LogP contribution in [0.3, 0.4) is 0 Å². The van der Waals surface area contributed by atoms with Crippen LogP contribution in [-0.4, -0.2) is 104 Å². The van der Waals surface area contributed by atoms with Gasteiger partial charge in [0.2, 0.25) is 17.7 Å². The molecule has 0 unspecified atom stereocenters. The van der Waals surface area contributed by atoms with Crippen molar-refractivity contribution in [3.8, 4) is 31.3 Å². The summed E-state index contributed by atoms with van der Waals surface area (Å²) >= 11 is 4.14. The molecule has 4 aliphatic carbocycles. The molecule has 3 aromatic heterocycles. The Hall–Kier alpha value is -7.77. The summed E-state index contributed by atoms with van der Waals surface area (Å²) in [4.78, 5) is 94.6. The topological polar surface area (TPSA) is 159 Å². The van der Waals surface area contributed by atoms with Gasteiger partial charge in [-0.25, -0.2) is 14.4 Å². The van der Waals surface area contributed by atoms with E-state index in [9.17, 15) is 33.9 Å². The summed E-state index contributed by atoms with van der Waals surface area (Å²) in [6.45, 7) is 12.5. The van der Waals surface area contributed by atoms with Gasteiger partial charge in [-0.2, -0.15) is 0 Å². The number of amides is 3. The smallest absolute Gasteiger partial charge is 0.350 e. The third-order valence-electron chi connectivity index (χ3n) is 23.3. The Morgan fingerprint density at radius 3 is 1.08 bits per heavy atom. The van der Waals surface area contributed by atoms with E-state index in [0.717, 1.165) is 210 Å². The number of quaternary nitrogens is 1. The van der Waals surface area contributed by atoms with Gasteiger partial charge in [-0.1, -0.05) is 192 Å². The number of carboxylic acids is 1. The second-order valence-electron chi connectivity index (χ2n) is 30.8. The van der Waals surface area contributed by atoms with E-state index in [2.05, 4.69) is 80.3 Å². The minimum atomic E-state index is -0.954. The third kappa shape index (κ3) is 20.6. The molecule has 0 bridgehead atoms. The van der Waals surface area contributed by atoms with Crippen LogP contribution >= 0.6 is 46.4 Å². The van der Waals surface area contributed by atoms with Crippen molar-refractivity contribution in [3.05, 3.63) is 196 Å². The van der Waals surface area contributed by atoms with Gasteiger partial charge in [0.15, 0.2) is 0 Å². The van der Waals surface area contributed by atoms with Gasteiger partial charge in [0.05, 0.1) is 44.4 Å². The van der Waals surface area contributed by atoms with Crippen LogP contribution in [0.25, 0.3) is 31.3 Å². The first-order valence-electron chi connectivity index (χ1n) is 39.2. The second kappa shape index (κ2) is 39.0. The van der Waals surface area contributed by atoms with E-state index in [1.54, 1.807) is 0 Å². The number of nitrogens with one attached hydrogen (secondary N) is 1. The SMILES string of the molecule is CC1CCC(C(=O)N(c2cc(-c3ccccc3)sc2C(=O)O)C2CC[NH+](Cc3ccccc3)CC2)CC1.COC(=O)c1sc(-c2ccccc2)cc1N(C(=O)C1CCC(C)CC1)C1CCCCC1.COC(=O)c1sc(-c2ccccc2)cc1N(C(=O)C1CCC(C)CC1)C1CCN(Cc2ccccc2)CC1.Cl. The van der Waals surface area contributed by atoms with Gasteiger partial charge >= 0.3 is 17.9 Å². The molecule has 0 spiro atoms. The molecule has 5 aromatic carbocycles. The number of piperidine rings is 2. The predicted molar refractivity (Wildman–Crippen MR) is 437 cm³/mol. The molecule has 8 aromatic rings. The van der Waals surface area contributed by atoms with Crippen molar-refractivity contribution in [2.24, 2.45) is 35.5 Å². The lowest BCUT2D eigenvalue weighted by Gasteiger charge is -2.40. The molecule has 0 atom stereocenters. The quantitative estimate of drug-likeness (QED) is 0.0747. The van der Waals surface area contributed by atoms with Crippen LogP contribution in [0.1, 0.15) is 196 Å². The van der Waals surface area contributed by atoms with Crippen LogP contribution in [0.15, 0.2) is 170 Å². The minimum absolute atomic E-state index is 0. The van der Waals surface area contributed by atoms with E-state index in [-0.39, 0.29) is 82.8 Å². The van der Waals surface area contributed by atoms with E-state index >= 15 is 0 Å². The molecule has 0 radical (unpaired) electrons. The fraction of sp³-hybridized carbons (Fsp3) is 0.461. The molecule has 2 saturated heterocycles. The minimum Gasteiger partial charge on any atom is -0.477 e. The molecular formula is C89H109ClN5O9S3+. The largest absolute Gasteiger partial charge is 0.477 e. The highest BCUT2D eigenvalue weighted by molar-refractivity contribution is 7.18. The lowest BCUT2D eigenvalue weighted by molar-refractivity contribution is -0.918. The number of anilines is 3. The fourth-order valence-corrected chi connectivity index (χ4v) is 20.1. The second-order valence-corrected chi connectivity index (χ2v) is 33.9. The lowest BCUT2D eigenvalue weighted by atomic mass is 9.81. The number of rotatable bonds is 19. The molecule has 3 amide bonds. The van der Waals surface area contributed by atoms with Crippen LogP contribution in [0.4, 0.5) is 17.1 Å². The highest BCUT2D eigenvalue weighted by Crippen LogP contribution is 2.46. The summed E-state index contributed by atoms with van der Waals surface area (Å²) in [5, 5.41) is 10.2.